The number of carbonyl (C=O) groups is 2. The van der Waals surface area contributed by atoms with Crippen LogP contribution in [0.1, 0.15) is 33.6 Å². The summed E-state index contributed by atoms with van der Waals surface area (Å²) in [5.74, 6) is 0.504. The molecule has 0 spiro atoms. The van der Waals surface area contributed by atoms with E-state index in [1.807, 2.05) is 13.8 Å². The largest absolute Gasteiger partial charge is 0.480 e. The van der Waals surface area contributed by atoms with Gasteiger partial charge < -0.3 is 15.7 Å². The molecule has 98 valence electrons. The minimum Gasteiger partial charge on any atom is -0.480 e. The number of carboxylic acid groups (broad SMARTS) is 1. The molecule has 1 aliphatic carbocycles. The third-order valence-electron chi connectivity index (χ3n) is 3.11. The van der Waals surface area contributed by atoms with Crippen LogP contribution in [0.25, 0.3) is 0 Å². The second kappa shape index (κ2) is 5.89. The molecule has 17 heavy (non-hydrogen) atoms. The molecule has 0 radical (unpaired) electrons. The molecule has 0 aromatic carbocycles. The van der Waals surface area contributed by atoms with E-state index in [1.54, 1.807) is 0 Å². The van der Waals surface area contributed by atoms with E-state index in [4.69, 9.17) is 5.11 Å². The smallest absolute Gasteiger partial charge is 0.326 e. The van der Waals surface area contributed by atoms with Crippen molar-refractivity contribution in [3.05, 3.63) is 0 Å². The van der Waals surface area contributed by atoms with Gasteiger partial charge in [0, 0.05) is 6.54 Å². The molecule has 0 saturated heterocycles. The molecule has 1 fully saturated rings. The Hall–Kier alpha value is -1.26. The Labute approximate surface area is 102 Å². The highest BCUT2D eigenvalue weighted by Crippen LogP contribution is 2.36. The van der Waals surface area contributed by atoms with Gasteiger partial charge in [-0.25, -0.2) is 9.59 Å². The quantitative estimate of drug-likeness (QED) is 0.659. The fourth-order valence-corrected chi connectivity index (χ4v) is 1.81. The number of hydrogen-bond acceptors (Lipinski definition) is 2. The molecular weight excluding hydrogens is 220 g/mol. The van der Waals surface area contributed by atoms with Gasteiger partial charge in [-0.2, -0.15) is 0 Å². The number of carboxylic acids is 1. The second-order valence-corrected chi connectivity index (χ2v) is 5.35. The van der Waals surface area contributed by atoms with Crippen molar-refractivity contribution in [2.45, 2.75) is 39.7 Å². The molecule has 1 saturated carbocycles. The zero-order valence-corrected chi connectivity index (χ0v) is 10.7. The normalized spacial score (nSPS) is 24.2. The lowest BCUT2D eigenvalue weighted by Gasteiger charge is -2.16. The molecule has 3 atom stereocenters. The first-order chi connectivity index (χ1) is 7.90. The SMILES string of the molecule is CC(C)C[C@H](NC(=O)NCC1CC1C)C(=O)O. The average Bonchev–Trinajstić information content (AvgIpc) is 2.90. The summed E-state index contributed by atoms with van der Waals surface area (Å²) in [5.41, 5.74) is 0. The maximum absolute atomic E-state index is 11.5. The van der Waals surface area contributed by atoms with Gasteiger partial charge in [0.2, 0.25) is 0 Å². The molecule has 0 bridgehead atoms. The number of aliphatic carboxylic acids is 1. The number of amides is 2. The Morgan fingerprint density at radius 1 is 1.41 bits per heavy atom. The molecule has 5 nitrogen and oxygen atoms in total. The lowest BCUT2D eigenvalue weighted by atomic mass is 10.0. The van der Waals surface area contributed by atoms with E-state index < -0.39 is 12.0 Å². The molecule has 3 N–H and O–H groups in total. The number of rotatable bonds is 6. The van der Waals surface area contributed by atoms with Gasteiger partial charge >= 0.3 is 12.0 Å². The van der Waals surface area contributed by atoms with Crippen molar-refractivity contribution in [1.29, 1.82) is 0 Å². The van der Waals surface area contributed by atoms with Crippen molar-refractivity contribution in [1.82, 2.24) is 10.6 Å². The van der Waals surface area contributed by atoms with Crippen LogP contribution in [-0.2, 0) is 4.79 Å². The minimum absolute atomic E-state index is 0.236. The number of nitrogens with one attached hydrogen (secondary N) is 2. The molecule has 1 aliphatic rings. The van der Waals surface area contributed by atoms with Crippen LogP contribution in [0.3, 0.4) is 0 Å². The Balaban J connectivity index is 2.27. The lowest BCUT2D eigenvalue weighted by molar-refractivity contribution is -0.139. The number of urea groups is 1. The fraction of sp³-hybridized carbons (Fsp3) is 0.833. The lowest BCUT2D eigenvalue weighted by Crippen LogP contribution is -2.47. The topological polar surface area (TPSA) is 78.4 Å². The summed E-state index contributed by atoms with van der Waals surface area (Å²) in [7, 11) is 0. The summed E-state index contributed by atoms with van der Waals surface area (Å²) in [4.78, 5) is 22.4. The highest BCUT2D eigenvalue weighted by Gasteiger charge is 2.32. The van der Waals surface area contributed by atoms with Crippen molar-refractivity contribution in [2.75, 3.05) is 6.54 Å². The summed E-state index contributed by atoms with van der Waals surface area (Å²) in [6, 6.07) is -1.18. The zero-order valence-electron chi connectivity index (χ0n) is 10.7. The predicted molar refractivity (Wildman–Crippen MR) is 64.7 cm³/mol. The Kier molecular flexibility index (Phi) is 4.78. The third-order valence-corrected chi connectivity index (χ3v) is 3.11. The maximum atomic E-state index is 11.5. The highest BCUT2D eigenvalue weighted by molar-refractivity contribution is 5.82. The van der Waals surface area contributed by atoms with Gasteiger partial charge in [0.25, 0.3) is 0 Å². The molecule has 2 unspecified atom stereocenters. The van der Waals surface area contributed by atoms with Crippen molar-refractivity contribution in [2.24, 2.45) is 17.8 Å². The van der Waals surface area contributed by atoms with Crippen LogP contribution in [-0.4, -0.2) is 29.7 Å². The van der Waals surface area contributed by atoms with Crippen LogP contribution < -0.4 is 10.6 Å². The average molecular weight is 242 g/mol. The van der Waals surface area contributed by atoms with E-state index >= 15 is 0 Å². The number of carbonyl (C=O) groups excluding carboxylic acids is 1. The Bertz CT molecular complexity index is 291. The molecule has 5 heteroatoms. The van der Waals surface area contributed by atoms with Crippen LogP contribution in [0.2, 0.25) is 0 Å². The van der Waals surface area contributed by atoms with Gasteiger partial charge in [0.05, 0.1) is 0 Å². The monoisotopic (exact) mass is 242 g/mol. The predicted octanol–water partition coefficient (Wildman–Crippen LogP) is 1.44. The van der Waals surface area contributed by atoms with E-state index in [0.717, 1.165) is 6.42 Å². The van der Waals surface area contributed by atoms with Crippen LogP contribution >= 0.6 is 0 Å². The molecule has 2 amide bonds. The van der Waals surface area contributed by atoms with Gasteiger partial charge in [0.1, 0.15) is 6.04 Å². The van der Waals surface area contributed by atoms with Crippen LogP contribution in [0.4, 0.5) is 4.79 Å². The minimum atomic E-state index is -0.978. The second-order valence-electron chi connectivity index (χ2n) is 5.35. The van der Waals surface area contributed by atoms with Gasteiger partial charge in [-0.15, -0.1) is 0 Å². The maximum Gasteiger partial charge on any atom is 0.326 e. The van der Waals surface area contributed by atoms with E-state index in [2.05, 4.69) is 17.6 Å². The van der Waals surface area contributed by atoms with E-state index in [1.165, 1.54) is 0 Å². The van der Waals surface area contributed by atoms with Crippen molar-refractivity contribution in [3.8, 4) is 0 Å². The van der Waals surface area contributed by atoms with Crippen molar-refractivity contribution in [3.63, 3.8) is 0 Å². The van der Waals surface area contributed by atoms with Gasteiger partial charge in [-0.1, -0.05) is 20.8 Å². The molecule has 1 rings (SSSR count). The summed E-state index contributed by atoms with van der Waals surface area (Å²) >= 11 is 0. The van der Waals surface area contributed by atoms with Gasteiger partial charge in [-0.3, -0.25) is 0 Å². The Morgan fingerprint density at radius 3 is 2.41 bits per heavy atom. The van der Waals surface area contributed by atoms with Crippen LogP contribution in [0, 0.1) is 17.8 Å². The van der Waals surface area contributed by atoms with Crippen molar-refractivity contribution >= 4 is 12.0 Å². The molecule has 0 aromatic rings. The van der Waals surface area contributed by atoms with Gasteiger partial charge in [0.15, 0.2) is 0 Å². The summed E-state index contributed by atoms with van der Waals surface area (Å²) in [6.45, 7) is 6.65. The first-order valence-corrected chi connectivity index (χ1v) is 6.17. The molecule has 0 aromatic heterocycles. The summed E-state index contributed by atoms with van der Waals surface area (Å²) < 4.78 is 0. The van der Waals surface area contributed by atoms with E-state index in [0.29, 0.717) is 24.8 Å². The first kappa shape index (κ1) is 13.8. The summed E-state index contributed by atoms with van der Waals surface area (Å²) in [6.07, 6.45) is 1.59. The first-order valence-electron chi connectivity index (χ1n) is 6.17. The summed E-state index contributed by atoms with van der Waals surface area (Å²) in [5, 5.41) is 14.2. The van der Waals surface area contributed by atoms with Crippen LogP contribution in [0.5, 0.6) is 0 Å². The Morgan fingerprint density at radius 2 is 2.00 bits per heavy atom. The van der Waals surface area contributed by atoms with E-state index in [-0.39, 0.29) is 11.9 Å². The molecule has 0 heterocycles. The van der Waals surface area contributed by atoms with Gasteiger partial charge in [-0.05, 0) is 30.6 Å². The highest BCUT2D eigenvalue weighted by atomic mass is 16.4. The molecule has 0 aliphatic heterocycles. The fourth-order valence-electron chi connectivity index (χ4n) is 1.81. The van der Waals surface area contributed by atoms with E-state index in [9.17, 15) is 9.59 Å². The number of hydrogen-bond donors (Lipinski definition) is 3. The standard InChI is InChI=1S/C12H22N2O3/c1-7(2)4-10(11(15)16)14-12(17)13-6-9-5-8(9)3/h7-10H,4-6H2,1-3H3,(H,15,16)(H2,13,14,17)/t8?,9?,10-/m0/s1. The van der Waals surface area contributed by atoms with Crippen LogP contribution in [0.15, 0.2) is 0 Å². The zero-order chi connectivity index (χ0) is 13.0. The third kappa shape index (κ3) is 5.06. The molecular formula is C12H22N2O3. The van der Waals surface area contributed by atoms with Crippen molar-refractivity contribution < 1.29 is 14.7 Å².